The third kappa shape index (κ3) is 4.27. The summed E-state index contributed by atoms with van der Waals surface area (Å²) in [6.45, 7) is 10.3. The molecule has 1 aliphatic heterocycles. The molecule has 0 spiro atoms. The monoisotopic (exact) mass is 346 g/mol. The number of anilines is 1. The van der Waals surface area contributed by atoms with Crippen molar-refractivity contribution in [3.05, 3.63) is 12.0 Å². The number of rotatable bonds is 7. The molecule has 0 saturated carbocycles. The lowest BCUT2D eigenvalue weighted by Crippen LogP contribution is -2.37. The predicted octanol–water partition coefficient (Wildman–Crippen LogP) is 2.04. The zero-order valence-corrected chi connectivity index (χ0v) is 15.9. The molecule has 0 aliphatic carbocycles. The smallest absolute Gasteiger partial charge is 0.163 e. The SMILES string of the molecule is CC(C)c1nc(N(C)CCCCN2CCOCC2)c2cnn(C)c2n1. The number of fused-ring (bicyclic) bond motifs is 1. The minimum atomic E-state index is 0.299. The van der Waals surface area contributed by atoms with Crippen LogP contribution in [0.4, 0.5) is 5.82 Å². The highest BCUT2D eigenvalue weighted by Gasteiger charge is 2.16. The van der Waals surface area contributed by atoms with Crippen LogP contribution in [0.5, 0.6) is 0 Å². The van der Waals surface area contributed by atoms with E-state index < -0.39 is 0 Å². The number of ether oxygens (including phenoxy) is 1. The molecule has 0 aromatic carbocycles. The lowest BCUT2D eigenvalue weighted by atomic mass is 10.2. The molecule has 25 heavy (non-hydrogen) atoms. The van der Waals surface area contributed by atoms with Gasteiger partial charge in [0.2, 0.25) is 0 Å². The van der Waals surface area contributed by atoms with Crippen LogP contribution in [-0.2, 0) is 11.8 Å². The Labute approximate surface area is 150 Å². The first kappa shape index (κ1) is 18.1. The van der Waals surface area contributed by atoms with Crippen molar-refractivity contribution < 1.29 is 4.74 Å². The van der Waals surface area contributed by atoms with Gasteiger partial charge < -0.3 is 9.64 Å². The number of morpholine rings is 1. The van der Waals surface area contributed by atoms with Gasteiger partial charge in [-0.15, -0.1) is 0 Å². The summed E-state index contributed by atoms with van der Waals surface area (Å²) >= 11 is 0. The van der Waals surface area contributed by atoms with E-state index in [0.29, 0.717) is 5.92 Å². The minimum absolute atomic E-state index is 0.299. The Morgan fingerprint density at radius 1 is 1.20 bits per heavy atom. The van der Waals surface area contributed by atoms with Gasteiger partial charge in [-0.3, -0.25) is 9.58 Å². The molecule has 0 N–H and O–H groups in total. The Morgan fingerprint density at radius 2 is 1.96 bits per heavy atom. The second-order valence-electron chi connectivity index (χ2n) is 7.15. The van der Waals surface area contributed by atoms with Gasteiger partial charge in [0.15, 0.2) is 5.65 Å². The average Bonchev–Trinajstić information content (AvgIpc) is 3.00. The second kappa shape index (κ2) is 8.10. The highest BCUT2D eigenvalue weighted by atomic mass is 16.5. The summed E-state index contributed by atoms with van der Waals surface area (Å²) in [5.74, 6) is 2.17. The molecule has 0 bridgehead atoms. The molecule has 0 unspecified atom stereocenters. The molecule has 0 radical (unpaired) electrons. The maximum Gasteiger partial charge on any atom is 0.163 e. The summed E-state index contributed by atoms with van der Waals surface area (Å²) in [4.78, 5) is 14.2. The molecule has 3 rings (SSSR count). The van der Waals surface area contributed by atoms with Crippen LogP contribution in [0.2, 0.25) is 0 Å². The molecule has 138 valence electrons. The van der Waals surface area contributed by atoms with E-state index in [0.717, 1.165) is 68.5 Å². The van der Waals surface area contributed by atoms with Gasteiger partial charge in [0.05, 0.1) is 24.8 Å². The maximum atomic E-state index is 5.40. The molecule has 0 amide bonds. The molecule has 7 nitrogen and oxygen atoms in total. The second-order valence-corrected chi connectivity index (χ2v) is 7.15. The summed E-state index contributed by atoms with van der Waals surface area (Å²) in [6.07, 6.45) is 4.22. The Balaban J connectivity index is 1.63. The topological polar surface area (TPSA) is 59.3 Å². The lowest BCUT2D eigenvalue weighted by molar-refractivity contribution is 0.0372. The summed E-state index contributed by atoms with van der Waals surface area (Å²) in [5.41, 5.74) is 0.911. The molecular formula is C18H30N6O. The maximum absolute atomic E-state index is 5.40. The first-order valence-electron chi connectivity index (χ1n) is 9.27. The van der Waals surface area contributed by atoms with Crippen LogP contribution in [0.3, 0.4) is 0 Å². The average molecular weight is 346 g/mol. The van der Waals surface area contributed by atoms with Gasteiger partial charge in [0.1, 0.15) is 11.6 Å². The van der Waals surface area contributed by atoms with Crippen LogP contribution in [0.1, 0.15) is 38.4 Å². The fourth-order valence-electron chi connectivity index (χ4n) is 3.19. The number of hydrogen-bond donors (Lipinski definition) is 0. The molecule has 3 heterocycles. The number of hydrogen-bond acceptors (Lipinski definition) is 6. The Hall–Kier alpha value is -1.73. The van der Waals surface area contributed by atoms with Gasteiger partial charge in [-0.05, 0) is 19.4 Å². The predicted molar refractivity (Wildman–Crippen MR) is 100 cm³/mol. The molecular weight excluding hydrogens is 316 g/mol. The van der Waals surface area contributed by atoms with Crippen LogP contribution >= 0.6 is 0 Å². The van der Waals surface area contributed by atoms with Gasteiger partial charge in [-0.2, -0.15) is 5.10 Å². The minimum Gasteiger partial charge on any atom is -0.379 e. The van der Waals surface area contributed by atoms with E-state index in [1.807, 2.05) is 17.9 Å². The van der Waals surface area contributed by atoms with Crippen molar-refractivity contribution in [1.82, 2.24) is 24.6 Å². The van der Waals surface area contributed by atoms with Crippen LogP contribution < -0.4 is 4.90 Å². The first-order valence-corrected chi connectivity index (χ1v) is 9.27. The van der Waals surface area contributed by atoms with Crippen molar-refractivity contribution in [3.8, 4) is 0 Å². The highest BCUT2D eigenvalue weighted by molar-refractivity contribution is 5.86. The van der Waals surface area contributed by atoms with Crippen molar-refractivity contribution in [1.29, 1.82) is 0 Å². The van der Waals surface area contributed by atoms with E-state index in [2.05, 4.69) is 40.8 Å². The molecule has 0 atom stereocenters. The number of unbranched alkanes of at least 4 members (excludes halogenated alkanes) is 1. The standard InChI is InChI=1S/C18H30N6O/c1-14(2)16-20-17(15-13-19-23(4)18(15)21-16)22(3)7-5-6-8-24-9-11-25-12-10-24/h13-14H,5-12H2,1-4H3. The van der Waals surface area contributed by atoms with E-state index >= 15 is 0 Å². The van der Waals surface area contributed by atoms with E-state index in [9.17, 15) is 0 Å². The van der Waals surface area contributed by atoms with Gasteiger partial charge in [-0.25, -0.2) is 9.97 Å². The molecule has 7 heteroatoms. The first-order chi connectivity index (χ1) is 12.1. The third-order valence-electron chi connectivity index (χ3n) is 4.79. The van der Waals surface area contributed by atoms with Crippen molar-refractivity contribution in [2.75, 3.05) is 51.3 Å². The van der Waals surface area contributed by atoms with Crippen molar-refractivity contribution in [3.63, 3.8) is 0 Å². The van der Waals surface area contributed by atoms with Crippen LogP contribution in [0.25, 0.3) is 11.0 Å². The zero-order valence-electron chi connectivity index (χ0n) is 15.9. The summed E-state index contributed by atoms with van der Waals surface area (Å²) in [5, 5.41) is 5.40. The Morgan fingerprint density at radius 3 is 2.68 bits per heavy atom. The van der Waals surface area contributed by atoms with Crippen LogP contribution in [-0.4, -0.2) is 71.1 Å². The summed E-state index contributed by atoms with van der Waals surface area (Å²) < 4.78 is 7.24. The summed E-state index contributed by atoms with van der Waals surface area (Å²) in [7, 11) is 4.05. The van der Waals surface area contributed by atoms with E-state index in [1.165, 1.54) is 6.42 Å². The number of aromatic nitrogens is 4. The molecule has 1 aliphatic rings. The quantitative estimate of drug-likeness (QED) is 0.715. The molecule has 1 saturated heterocycles. The van der Waals surface area contributed by atoms with Gasteiger partial charge in [0.25, 0.3) is 0 Å². The zero-order chi connectivity index (χ0) is 17.8. The molecule has 2 aromatic rings. The number of nitrogens with zero attached hydrogens (tertiary/aromatic N) is 6. The van der Waals surface area contributed by atoms with Crippen molar-refractivity contribution >= 4 is 16.9 Å². The van der Waals surface area contributed by atoms with Gasteiger partial charge in [-0.1, -0.05) is 13.8 Å². The highest BCUT2D eigenvalue weighted by Crippen LogP contribution is 2.25. The lowest BCUT2D eigenvalue weighted by Gasteiger charge is -2.27. The van der Waals surface area contributed by atoms with Gasteiger partial charge in [0, 0.05) is 39.6 Å². The molecule has 2 aromatic heterocycles. The molecule has 1 fully saturated rings. The fourth-order valence-corrected chi connectivity index (χ4v) is 3.19. The van der Waals surface area contributed by atoms with E-state index in [1.54, 1.807) is 0 Å². The normalized spacial score (nSPS) is 16.0. The fraction of sp³-hybridized carbons (Fsp3) is 0.722. The number of aryl methyl sites for hydroxylation is 1. The van der Waals surface area contributed by atoms with Crippen LogP contribution in [0, 0.1) is 0 Å². The van der Waals surface area contributed by atoms with E-state index in [4.69, 9.17) is 9.72 Å². The Kier molecular flexibility index (Phi) is 5.86. The van der Waals surface area contributed by atoms with Crippen LogP contribution in [0.15, 0.2) is 6.20 Å². The van der Waals surface area contributed by atoms with Crippen molar-refractivity contribution in [2.45, 2.75) is 32.6 Å². The summed E-state index contributed by atoms with van der Waals surface area (Å²) in [6, 6.07) is 0. The van der Waals surface area contributed by atoms with E-state index in [-0.39, 0.29) is 0 Å². The Bertz CT molecular complexity index is 692. The third-order valence-corrected chi connectivity index (χ3v) is 4.79. The van der Waals surface area contributed by atoms with Gasteiger partial charge >= 0.3 is 0 Å². The van der Waals surface area contributed by atoms with Crippen molar-refractivity contribution in [2.24, 2.45) is 7.05 Å². The largest absolute Gasteiger partial charge is 0.379 e.